The summed E-state index contributed by atoms with van der Waals surface area (Å²) < 4.78 is 13.5. The molecule has 1 N–H and O–H groups in total. The van der Waals surface area contributed by atoms with Crippen LogP contribution in [0.4, 0.5) is 0 Å². The van der Waals surface area contributed by atoms with Crippen LogP contribution in [0.3, 0.4) is 0 Å². The Morgan fingerprint density at radius 1 is 1.06 bits per heavy atom. The first-order chi connectivity index (χ1) is 15.0. The summed E-state index contributed by atoms with van der Waals surface area (Å²) in [5, 5.41) is 9.23. The van der Waals surface area contributed by atoms with Crippen LogP contribution in [0.1, 0.15) is 18.2 Å². The molecular formula is C25H29MgNO4S+2. The topological polar surface area (TPSA) is 60.7 Å². The molecule has 3 aromatic rings. The number of carboxylic acid groups (broad SMARTS) is 1. The van der Waals surface area contributed by atoms with Crippen molar-refractivity contribution in [1.82, 2.24) is 4.57 Å². The van der Waals surface area contributed by atoms with Gasteiger partial charge in [0.05, 0.1) is 6.54 Å². The van der Waals surface area contributed by atoms with Gasteiger partial charge in [-0.05, 0) is 67.6 Å². The zero-order valence-corrected chi connectivity index (χ0v) is 21.1. The fraction of sp³-hybridized carbons (Fsp3) is 0.320. The Balaban J connectivity index is 0.00000363. The van der Waals surface area contributed by atoms with Crippen molar-refractivity contribution >= 4 is 40.8 Å². The van der Waals surface area contributed by atoms with Crippen molar-refractivity contribution in [3.05, 3.63) is 71.9 Å². The quantitative estimate of drug-likeness (QED) is 0.323. The number of aliphatic carboxylic acids is 1. The first-order valence-electron chi connectivity index (χ1n) is 10.4. The first-order valence-corrected chi connectivity index (χ1v) is 11.6. The second kappa shape index (κ2) is 12.9. The van der Waals surface area contributed by atoms with Gasteiger partial charge in [-0.15, -0.1) is 11.8 Å². The predicted molar refractivity (Wildman–Crippen MR) is 131 cm³/mol. The maximum atomic E-state index is 11.3. The normalized spacial score (nSPS) is 11.6. The number of rotatable bonds is 11. The molecule has 0 saturated heterocycles. The van der Waals surface area contributed by atoms with E-state index in [-0.39, 0.29) is 23.1 Å². The Hall–Kier alpha value is -1.93. The van der Waals surface area contributed by atoms with Crippen LogP contribution in [0.25, 0.3) is 11.3 Å². The van der Waals surface area contributed by atoms with E-state index >= 15 is 0 Å². The standard InChI is InChI=1S/C25H29NO4S.Mg/c1-4-29-24(25(27)28)17-19-6-10-21(11-7-19)30-16-15-26-18(2)5-14-23(26)20-8-12-22(31-3)13-9-20;/h5-14,24H,4,15-17H2,1-3H3,(H,27,28);/q;+2/t24-;/m0./s1. The van der Waals surface area contributed by atoms with Crippen molar-refractivity contribution in [2.75, 3.05) is 19.5 Å². The average molecular weight is 464 g/mol. The van der Waals surface area contributed by atoms with E-state index in [1.807, 2.05) is 24.3 Å². The molecule has 0 aliphatic rings. The second-order valence-corrected chi connectivity index (χ2v) is 8.10. The predicted octanol–water partition coefficient (Wildman–Crippen LogP) is 4.92. The Morgan fingerprint density at radius 3 is 2.34 bits per heavy atom. The molecule has 0 aliphatic carbocycles. The van der Waals surface area contributed by atoms with Gasteiger partial charge in [0.25, 0.3) is 0 Å². The number of carboxylic acids is 1. The Morgan fingerprint density at radius 2 is 1.75 bits per heavy atom. The molecule has 3 rings (SSSR count). The summed E-state index contributed by atoms with van der Waals surface area (Å²) in [6.07, 6.45) is 1.59. The largest absolute Gasteiger partial charge is 2.00 e. The Labute approximate surface area is 210 Å². The van der Waals surface area contributed by atoms with Crippen LogP contribution in [0.5, 0.6) is 5.75 Å². The molecule has 2 aromatic carbocycles. The smallest absolute Gasteiger partial charge is 0.492 e. The number of hydrogen-bond acceptors (Lipinski definition) is 4. The van der Waals surface area contributed by atoms with Crippen LogP contribution in [-0.4, -0.2) is 64.3 Å². The number of thioether (sulfide) groups is 1. The maximum absolute atomic E-state index is 11.3. The molecule has 32 heavy (non-hydrogen) atoms. The van der Waals surface area contributed by atoms with Gasteiger partial charge < -0.3 is 19.1 Å². The summed E-state index contributed by atoms with van der Waals surface area (Å²) >= 11 is 1.74. The molecule has 1 heterocycles. The van der Waals surface area contributed by atoms with E-state index in [4.69, 9.17) is 9.47 Å². The van der Waals surface area contributed by atoms with E-state index in [0.717, 1.165) is 17.9 Å². The number of aryl methyl sites for hydroxylation is 1. The summed E-state index contributed by atoms with van der Waals surface area (Å²) in [6, 6.07) is 20.4. The molecule has 1 atom stereocenters. The summed E-state index contributed by atoms with van der Waals surface area (Å²) in [6.45, 7) is 5.56. The molecule has 5 nitrogen and oxygen atoms in total. The number of nitrogens with zero attached hydrogens (tertiary/aromatic N) is 1. The number of hydrogen-bond donors (Lipinski definition) is 1. The SMILES string of the molecule is CCO[C@@H](Cc1ccc(OCCn2c(C)ccc2-c2ccc(SC)cc2)cc1)C(=O)O.[Mg+2]. The van der Waals surface area contributed by atoms with E-state index in [0.29, 0.717) is 19.6 Å². The van der Waals surface area contributed by atoms with Crippen LogP contribution < -0.4 is 4.74 Å². The molecule has 0 saturated carbocycles. The minimum absolute atomic E-state index is 0. The van der Waals surface area contributed by atoms with Crippen molar-refractivity contribution in [3.63, 3.8) is 0 Å². The fourth-order valence-corrected chi connectivity index (χ4v) is 3.90. The molecule has 0 bridgehead atoms. The Bertz CT molecular complexity index is 986. The molecule has 0 unspecified atom stereocenters. The van der Waals surface area contributed by atoms with Gasteiger partial charge in [0.1, 0.15) is 12.4 Å². The molecule has 0 radical (unpaired) electrons. The average Bonchev–Trinajstić information content (AvgIpc) is 3.15. The zero-order valence-electron chi connectivity index (χ0n) is 18.9. The summed E-state index contributed by atoms with van der Waals surface area (Å²) in [7, 11) is 0. The van der Waals surface area contributed by atoms with Crippen LogP contribution in [0.15, 0.2) is 65.6 Å². The third-order valence-corrected chi connectivity index (χ3v) is 5.90. The van der Waals surface area contributed by atoms with Gasteiger partial charge in [-0.25, -0.2) is 4.79 Å². The molecule has 164 valence electrons. The van der Waals surface area contributed by atoms with Crippen LogP contribution >= 0.6 is 11.8 Å². The molecule has 0 aliphatic heterocycles. The van der Waals surface area contributed by atoms with Gasteiger partial charge in [-0.3, -0.25) is 0 Å². The summed E-state index contributed by atoms with van der Waals surface area (Å²) in [4.78, 5) is 12.5. The summed E-state index contributed by atoms with van der Waals surface area (Å²) in [5.41, 5.74) is 4.47. The van der Waals surface area contributed by atoms with Crippen molar-refractivity contribution in [2.45, 2.75) is 37.8 Å². The minimum atomic E-state index is -0.942. The number of benzene rings is 2. The van der Waals surface area contributed by atoms with E-state index in [9.17, 15) is 9.90 Å². The first kappa shape index (κ1) is 26.3. The van der Waals surface area contributed by atoms with E-state index in [2.05, 4.69) is 54.1 Å². The number of carbonyl (C=O) groups is 1. The second-order valence-electron chi connectivity index (χ2n) is 7.22. The molecule has 0 fully saturated rings. The van der Waals surface area contributed by atoms with E-state index in [1.165, 1.54) is 21.8 Å². The molecule has 0 amide bonds. The van der Waals surface area contributed by atoms with Crippen molar-refractivity contribution in [3.8, 4) is 17.0 Å². The van der Waals surface area contributed by atoms with Crippen molar-refractivity contribution in [1.29, 1.82) is 0 Å². The minimum Gasteiger partial charge on any atom is -0.492 e. The van der Waals surface area contributed by atoms with Crippen molar-refractivity contribution < 1.29 is 19.4 Å². The fourth-order valence-electron chi connectivity index (χ4n) is 3.49. The van der Waals surface area contributed by atoms with Gasteiger partial charge in [0.2, 0.25) is 0 Å². The monoisotopic (exact) mass is 463 g/mol. The van der Waals surface area contributed by atoms with E-state index < -0.39 is 12.1 Å². The van der Waals surface area contributed by atoms with E-state index in [1.54, 1.807) is 18.7 Å². The third-order valence-electron chi connectivity index (χ3n) is 5.16. The molecular weight excluding hydrogens is 435 g/mol. The number of aromatic nitrogens is 1. The number of ether oxygens (including phenoxy) is 2. The van der Waals surface area contributed by atoms with Crippen LogP contribution in [-0.2, 0) is 22.5 Å². The maximum Gasteiger partial charge on any atom is 2.00 e. The molecule has 0 spiro atoms. The van der Waals surface area contributed by atoms with Crippen LogP contribution in [0.2, 0.25) is 0 Å². The van der Waals surface area contributed by atoms with Gasteiger partial charge >= 0.3 is 29.0 Å². The van der Waals surface area contributed by atoms with Gasteiger partial charge in [-0.2, -0.15) is 0 Å². The third kappa shape index (κ3) is 7.03. The van der Waals surface area contributed by atoms with Gasteiger partial charge in [0.15, 0.2) is 6.10 Å². The van der Waals surface area contributed by atoms with Gasteiger partial charge in [-0.1, -0.05) is 24.3 Å². The van der Waals surface area contributed by atoms with Crippen LogP contribution in [0, 0.1) is 6.92 Å². The van der Waals surface area contributed by atoms with Crippen molar-refractivity contribution in [2.24, 2.45) is 0 Å². The molecule has 7 heteroatoms. The zero-order chi connectivity index (χ0) is 22.2. The molecule has 1 aromatic heterocycles. The summed E-state index contributed by atoms with van der Waals surface area (Å²) in [5.74, 6) is -0.175. The Kier molecular flexibility index (Phi) is 10.6. The van der Waals surface area contributed by atoms with Gasteiger partial charge in [0, 0.05) is 29.3 Å².